The summed E-state index contributed by atoms with van der Waals surface area (Å²) in [5.74, 6) is -0.241. The highest BCUT2D eigenvalue weighted by Gasteiger charge is 2.28. The lowest BCUT2D eigenvalue weighted by Crippen LogP contribution is -2.37. The van der Waals surface area contributed by atoms with Crippen LogP contribution in [0.4, 0.5) is 0 Å². The molecule has 0 bridgehead atoms. The molecule has 1 rings (SSSR count). The smallest absolute Gasteiger partial charge is 0.223 e. The molecule has 1 heterocycles. The van der Waals surface area contributed by atoms with Crippen molar-refractivity contribution in [3.05, 3.63) is 0 Å². The van der Waals surface area contributed by atoms with E-state index in [1.807, 2.05) is 0 Å². The van der Waals surface area contributed by atoms with E-state index in [-0.39, 0.29) is 17.9 Å². The number of rotatable bonds is 6. The molecule has 3 nitrogen and oxygen atoms in total. The van der Waals surface area contributed by atoms with Crippen molar-refractivity contribution in [3.63, 3.8) is 0 Å². The van der Waals surface area contributed by atoms with E-state index < -0.39 is 0 Å². The maximum absolute atomic E-state index is 11.3. The van der Waals surface area contributed by atoms with Gasteiger partial charge in [-0.2, -0.15) is 0 Å². The highest BCUT2D eigenvalue weighted by molar-refractivity contribution is 5.77. The van der Waals surface area contributed by atoms with E-state index in [1.54, 1.807) is 0 Å². The van der Waals surface area contributed by atoms with E-state index >= 15 is 0 Å². The lowest BCUT2D eigenvalue weighted by atomic mass is 9.90. The zero-order valence-corrected chi connectivity index (χ0v) is 9.71. The fraction of sp³-hybridized carbons (Fsp3) is 0.917. The number of unbranched alkanes of at least 4 members (excludes halogenated alkanes) is 2. The molecule has 2 N–H and O–H groups in total. The topological polar surface area (TPSA) is 52.3 Å². The summed E-state index contributed by atoms with van der Waals surface area (Å²) in [5.41, 5.74) is 5.43. The van der Waals surface area contributed by atoms with Crippen molar-refractivity contribution in [1.82, 2.24) is 0 Å². The summed E-state index contributed by atoms with van der Waals surface area (Å²) in [5, 5.41) is 0. The molecule has 0 spiro atoms. The molecule has 0 aromatic carbocycles. The van der Waals surface area contributed by atoms with Crippen molar-refractivity contribution in [1.29, 1.82) is 0 Å². The molecular weight excluding hydrogens is 190 g/mol. The minimum atomic E-state index is -0.182. The number of carbonyl (C=O) groups excluding carboxylic acids is 1. The molecule has 3 heteroatoms. The van der Waals surface area contributed by atoms with E-state index in [1.165, 1.54) is 19.3 Å². The molecule has 2 atom stereocenters. The molecule has 0 aliphatic carbocycles. The standard InChI is InChI=1S/C12H23NO2/c1-2-3-4-7-10(12(13)14)11-8-5-6-9-15-11/h10-11H,2-9H2,1H3,(H2,13,14). The minimum absolute atomic E-state index is 0.0585. The Morgan fingerprint density at radius 2 is 2.27 bits per heavy atom. The molecule has 15 heavy (non-hydrogen) atoms. The Morgan fingerprint density at radius 1 is 1.47 bits per heavy atom. The van der Waals surface area contributed by atoms with Gasteiger partial charge in [0, 0.05) is 6.61 Å². The van der Waals surface area contributed by atoms with E-state index in [4.69, 9.17) is 10.5 Å². The van der Waals surface area contributed by atoms with Crippen molar-refractivity contribution < 1.29 is 9.53 Å². The van der Waals surface area contributed by atoms with Crippen molar-refractivity contribution >= 4 is 5.91 Å². The van der Waals surface area contributed by atoms with Gasteiger partial charge in [-0.1, -0.05) is 26.2 Å². The largest absolute Gasteiger partial charge is 0.377 e. The molecule has 2 unspecified atom stereocenters. The second-order valence-electron chi connectivity index (χ2n) is 4.41. The SMILES string of the molecule is CCCCCC(C(N)=O)C1CCCCO1. The Kier molecular flexibility index (Phi) is 5.69. The molecular formula is C12H23NO2. The number of amides is 1. The van der Waals surface area contributed by atoms with Gasteiger partial charge in [-0.05, 0) is 25.7 Å². The third-order valence-corrected chi connectivity index (χ3v) is 3.15. The summed E-state index contributed by atoms with van der Waals surface area (Å²) >= 11 is 0. The number of hydrogen-bond acceptors (Lipinski definition) is 2. The first-order valence-electron chi connectivity index (χ1n) is 6.16. The van der Waals surface area contributed by atoms with Crippen LogP contribution in [0, 0.1) is 5.92 Å². The van der Waals surface area contributed by atoms with Crippen LogP contribution >= 0.6 is 0 Å². The highest BCUT2D eigenvalue weighted by atomic mass is 16.5. The molecule has 1 saturated heterocycles. The first kappa shape index (κ1) is 12.5. The molecule has 1 aliphatic rings. The van der Waals surface area contributed by atoms with Gasteiger partial charge in [-0.3, -0.25) is 4.79 Å². The van der Waals surface area contributed by atoms with Crippen LogP contribution in [0.2, 0.25) is 0 Å². The van der Waals surface area contributed by atoms with Gasteiger partial charge in [-0.15, -0.1) is 0 Å². The predicted molar refractivity (Wildman–Crippen MR) is 60.4 cm³/mol. The molecule has 0 radical (unpaired) electrons. The minimum Gasteiger partial charge on any atom is -0.377 e. The van der Waals surface area contributed by atoms with Crippen LogP contribution in [0.25, 0.3) is 0 Å². The van der Waals surface area contributed by atoms with Gasteiger partial charge >= 0.3 is 0 Å². The average molecular weight is 213 g/mol. The van der Waals surface area contributed by atoms with Crippen LogP contribution in [0.3, 0.4) is 0 Å². The van der Waals surface area contributed by atoms with Crippen molar-refractivity contribution in [2.24, 2.45) is 11.7 Å². The van der Waals surface area contributed by atoms with Crippen molar-refractivity contribution in [3.8, 4) is 0 Å². The number of ether oxygens (including phenoxy) is 1. The summed E-state index contributed by atoms with van der Waals surface area (Å²) in [6.45, 7) is 2.96. The zero-order chi connectivity index (χ0) is 11.1. The first-order chi connectivity index (χ1) is 7.25. The fourth-order valence-electron chi connectivity index (χ4n) is 2.21. The van der Waals surface area contributed by atoms with E-state index in [0.29, 0.717) is 0 Å². The Morgan fingerprint density at radius 3 is 2.80 bits per heavy atom. The Balaban J connectivity index is 2.37. The van der Waals surface area contributed by atoms with Crippen LogP contribution < -0.4 is 5.73 Å². The summed E-state index contributed by atoms with van der Waals surface area (Å²) < 4.78 is 5.63. The predicted octanol–water partition coefficient (Wildman–Crippen LogP) is 2.24. The molecule has 0 saturated carbocycles. The van der Waals surface area contributed by atoms with Crippen LogP contribution in [0.15, 0.2) is 0 Å². The highest BCUT2D eigenvalue weighted by Crippen LogP contribution is 2.24. The summed E-state index contributed by atoms with van der Waals surface area (Å²) in [6.07, 6.45) is 7.72. The van der Waals surface area contributed by atoms with Crippen molar-refractivity contribution in [2.45, 2.75) is 58.0 Å². The van der Waals surface area contributed by atoms with Crippen LogP contribution in [0.5, 0.6) is 0 Å². The fourth-order valence-corrected chi connectivity index (χ4v) is 2.21. The normalized spacial score (nSPS) is 23.7. The van der Waals surface area contributed by atoms with Gasteiger partial charge in [0.15, 0.2) is 0 Å². The number of primary amides is 1. The van der Waals surface area contributed by atoms with Crippen LogP contribution in [-0.4, -0.2) is 18.6 Å². The monoisotopic (exact) mass is 213 g/mol. The molecule has 1 amide bonds. The molecule has 1 aliphatic heterocycles. The Hall–Kier alpha value is -0.570. The first-order valence-corrected chi connectivity index (χ1v) is 6.16. The van der Waals surface area contributed by atoms with Crippen LogP contribution in [-0.2, 0) is 9.53 Å². The van der Waals surface area contributed by atoms with Gasteiger partial charge in [0.05, 0.1) is 12.0 Å². The average Bonchev–Trinajstić information content (AvgIpc) is 2.25. The third kappa shape index (κ3) is 4.20. The third-order valence-electron chi connectivity index (χ3n) is 3.15. The summed E-state index contributed by atoms with van der Waals surface area (Å²) in [7, 11) is 0. The number of hydrogen-bond donors (Lipinski definition) is 1. The van der Waals surface area contributed by atoms with Gasteiger partial charge in [0.2, 0.25) is 5.91 Å². The van der Waals surface area contributed by atoms with E-state index in [2.05, 4.69) is 6.92 Å². The van der Waals surface area contributed by atoms with Gasteiger partial charge in [-0.25, -0.2) is 0 Å². The van der Waals surface area contributed by atoms with Crippen LogP contribution in [0.1, 0.15) is 51.9 Å². The maximum Gasteiger partial charge on any atom is 0.223 e. The lowest BCUT2D eigenvalue weighted by molar-refractivity contribution is -0.129. The Labute approximate surface area is 92.4 Å². The zero-order valence-electron chi connectivity index (χ0n) is 9.71. The number of carbonyl (C=O) groups is 1. The van der Waals surface area contributed by atoms with Gasteiger partial charge in [0.25, 0.3) is 0 Å². The summed E-state index contributed by atoms with van der Waals surface area (Å²) in [6, 6.07) is 0. The molecule has 0 aromatic rings. The second kappa shape index (κ2) is 6.83. The maximum atomic E-state index is 11.3. The van der Waals surface area contributed by atoms with Gasteiger partial charge < -0.3 is 10.5 Å². The lowest BCUT2D eigenvalue weighted by Gasteiger charge is -2.28. The molecule has 1 fully saturated rings. The quantitative estimate of drug-likeness (QED) is 0.688. The van der Waals surface area contributed by atoms with Crippen molar-refractivity contribution in [2.75, 3.05) is 6.61 Å². The van der Waals surface area contributed by atoms with E-state index in [0.717, 1.165) is 32.3 Å². The Bertz CT molecular complexity index is 188. The molecule has 0 aromatic heterocycles. The number of nitrogens with two attached hydrogens (primary N) is 1. The van der Waals surface area contributed by atoms with E-state index in [9.17, 15) is 4.79 Å². The molecule has 88 valence electrons. The van der Waals surface area contributed by atoms with Gasteiger partial charge in [0.1, 0.15) is 0 Å². The second-order valence-corrected chi connectivity index (χ2v) is 4.41. The summed E-state index contributed by atoms with van der Waals surface area (Å²) in [4.78, 5) is 11.3.